The lowest BCUT2D eigenvalue weighted by Crippen LogP contribution is -2.24. The zero-order valence-corrected chi connectivity index (χ0v) is 17.3. The first kappa shape index (κ1) is 19.1. The van der Waals surface area contributed by atoms with Crippen LogP contribution >= 0.6 is 15.9 Å². The summed E-state index contributed by atoms with van der Waals surface area (Å²) in [7, 11) is 2.01. The number of halogens is 1. The Morgan fingerprint density at radius 3 is 2.65 bits per heavy atom. The first-order valence-electron chi connectivity index (χ1n) is 9.50. The Morgan fingerprint density at radius 1 is 1.08 bits per heavy atom. The van der Waals surface area contributed by atoms with Crippen LogP contribution in [0.25, 0.3) is 0 Å². The minimum absolute atomic E-state index is 0.828. The second-order valence-electron chi connectivity index (χ2n) is 6.81. The number of aliphatic imine (C=N–C) groups is 1. The summed E-state index contributed by atoms with van der Waals surface area (Å²) < 4.78 is 1.09. The van der Waals surface area contributed by atoms with Gasteiger partial charge in [0.15, 0.2) is 0 Å². The van der Waals surface area contributed by atoms with Crippen LogP contribution in [0.2, 0.25) is 0 Å². The van der Waals surface area contributed by atoms with Gasteiger partial charge in [0, 0.05) is 35.7 Å². The lowest BCUT2D eigenvalue weighted by atomic mass is 9.93. The fourth-order valence-corrected chi connectivity index (χ4v) is 3.54. The molecule has 0 aliphatic carbocycles. The quantitative estimate of drug-likeness (QED) is 0.411. The van der Waals surface area contributed by atoms with E-state index in [9.17, 15) is 0 Å². The van der Waals surface area contributed by atoms with Crippen LogP contribution in [0.3, 0.4) is 0 Å². The summed E-state index contributed by atoms with van der Waals surface area (Å²) in [5, 5.41) is 1.95. The van der Waals surface area contributed by atoms with Gasteiger partial charge in [-0.1, -0.05) is 54.2 Å². The maximum absolute atomic E-state index is 6.00. The van der Waals surface area contributed by atoms with Gasteiger partial charge < -0.3 is 4.84 Å². The van der Waals surface area contributed by atoms with E-state index in [0.29, 0.717) is 0 Å². The van der Waals surface area contributed by atoms with Crippen LogP contribution in [0.1, 0.15) is 49.3 Å². The number of hydroxylamine groups is 2. The smallest absolute Gasteiger partial charge is 0.147 e. The summed E-state index contributed by atoms with van der Waals surface area (Å²) in [6.07, 6.45) is 5.96. The van der Waals surface area contributed by atoms with Crippen molar-refractivity contribution in [2.24, 2.45) is 4.99 Å². The van der Waals surface area contributed by atoms with Crippen molar-refractivity contribution >= 4 is 21.6 Å². The molecule has 0 bridgehead atoms. The van der Waals surface area contributed by atoms with Crippen molar-refractivity contribution in [3.05, 3.63) is 63.6 Å². The molecule has 2 aromatic rings. The number of benzene rings is 2. The average molecular weight is 415 g/mol. The van der Waals surface area contributed by atoms with Crippen molar-refractivity contribution < 1.29 is 4.84 Å². The molecular formula is C22H27BrN2O. The van der Waals surface area contributed by atoms with Crippen molar-refractivity contribution in [2.75, 3.05) is 20.1 Å². The highest BCUT2D eigenvalue weighted by atomic mass is 79.9. The van der Waals surface area contributed by atoms with E-state index >= 15 is 0 Å². The zero-order valence-electron chi connectivity index (χ0n) is 15.7. The van der Waals surface area contributed by atoms with Crippen LogP contribution in [0, 0.1) is 0 Å². The maximum Gasteiger partial charge on any atom is 0.147 e. The molecule has 0 N–H and O–H groups in total. The second-order valence-corrected chi connectivity index (χ2v) is 7.73. The third kappa shape index (κ3) is 4.95. The SMILES string of the molecule is CCCCCCN(C)Oc1ccc2c(c1)CCN=C2c1ccc(Br)cc1. The van der Waals surface area contributed by atoms with E-state index < -0.39 is 0 Å². The molecule has 3 nitrogen and oxygen atoms in total. The molecule has 0 radical (unpaired) electrons. The summed E-state index contributed by atoms with van der Waals surface area (Å²) in [4.78, 5) is 10.8. The van der Waals surface area contributed by atoms with Gasteiger partial charge in [-0.05, 0) is 48.7 Å². The number of hydrogen-bond acceptors (Lipinski definition) is 3. The van der Waals surface area contributed by atoms with Crippen LogP contribution in [0.5, 0.6) is 5.75 Å². The lowest BCUT2D eigenvalue weighted by molar-refractivity contribution is -0.0328. The van der Waals surface area contributed by atoms with Gasteiger partial charge in [0.25, 0.3) is 0 Å². The maximum atomic E-state index is 6.00. The molecule has 1 heterocycles. The van der Waals surface area contributed by atoms with E-state index in [2.05, 4.69) is 65.3 Å². The summed E-state index contributed by atoms with van der Waals surface area (Å²) in [5.41, 5.74) is 4.78. The molecule has 2 aromatic carbocycles. The van der Waals surface area contributed by atoms with Gasteiger partial charge >= 0.3 is 0 Å². The van der Waals surface area contributed by atoms with Crippen LogP contribution in [0.4, 0.5) is 0 Å². The highest BCUT2D eigenvalue weighted by Gasteiger charge is 2.17. The second kappa shape index (κ2) is 9.33. The minimum Gasteiger partial charge on any atom is -0.406 e. The van der Waals surface area contributed by atoms with Gasteiger partial charge in [-0.2, -0.15) is 0 Å². The van der Waals surface area contributed by atoms with Gasteiger partial charge in [-0.3, -0.25) is 4.99 Å². The number of fused-ring (bicyclic) bond motifs is 1. The van der Waals surface area contributed by atoms with Gasteiger partial charge in [0.1, 0.15) is 5.75 Å². The van der Waals surface area contributed by atoms with E-state index in [1.165, 1.54) is 36.8 Å². The van der Waals surface area contributed by atoms with E-state index in [0.717, 1.165) is 41.0 Å². The number of nitrogens with zero attached hydrogens (tertiary/aromatic N) is 2. The Balaban J connectivity index is 1.69. The van der Waals surface area contributed by atoms with E-state index in [-0.39, 0.29) is 0 Å². The normalized spacial score (nSPS) is 13.5. The molecule has 1 aliphatic heterocycles. The Bertz CT molecular complexity index is 755. The fraction of sp³-hybridized carbons (Fsp3) is 0.409. The van der Waals surface area contributed by atoms with E-state index in [4.69, 9.17) is 9.83 Å². The largest absolute Gasteiger partial charge is 0.406 e. The standard InChI is InChI=1S/C22H27BrN2O/c1-3-4-5-6-15-25(2)26-20-11-12-21-18(16-20)13-14-24-22(21)17-7-9-19(23)10-8-17/h7-12,16H,3-6,13-15H2,1-2H3. The number of rotatable bonds is 8. The third-order valence-corrected chi connectivity index (χ3v) is 5.22. The predicted molar refractivity (Wildman–Crippen MR) is 112 cm³/mol. The molecule has 138 valence electrons. The summed E-state index contributed by atoms with van der Waals surface area (Å²) in [5.74, 6) is 0.916. The minimum atomic E-state index is 0.828. The molecule has 0 unspecified atom stereocenters. The summed E-state index contributed by atoms with van der Waals surface area (Å²) in [6, 6.07) is 14.7. The molecule has 0 saturated heterocycles. The van der Waals surface area contributed by atoms with Crippen LogP contribution in [-0.4, -0.2) is 30.9 Å². The molecule has 1 aliphatic rings. The molecule has 0 amide bonds. The van der Waals surface area contributed by atoms with Crippen molar-refractivity contribution in [3.8, 4) is 5.75 Å². The van der Waals surface area contributed by atoms with Gasteiger partial charge in [-0.25, -0.2) is 0 Å². The van der Waals surface area contributed by atoms with Gasteiger partial charge in [0.05, 0.1) is 5.71 Å². The summed E-state index contributed by atoms with van der Waals surface area (Å²) in [6.45, 7) is 4.02. The Labute approximate surface area is 165 Å². The van der Waals surface area contributed by atoms with Crippen LogP contribution < -0.4 is 4.84 Å². The fourth-order valence-electron chi connectivity index (χ4n) is 3.28. The summed E-state index contributed by atoms with van der Waals surface area (Å²) >= 11 is 3.50. The topological polar surface area (TPSA) is 24.8 Å². The Kier molecular flexibility index (Phi) is 6.86. The zero-order chi connectivity index (χ0) is 18.4. The van der Waals surface area contributed by atoms with Crippen LogP contribution in [-0.2, 0) is 6.42 Å². The Morgan fingerprint density at radius 2 is 1.88 bits per heavy atom. The van der Waals surface area contributed by atoms with Gasteiger partial charge in [-0.15, -0.1) is 5.06 Å². The first-order valence-corrected chi connectivity index (χ1v) is 10.3. The van der Waals surface area contributed by atoms with E-state index in [1.807, 2.05) is 12.1 Å². The predicted octanol–water partition coefficient (Wildman–Crippen LogP) is 5.65. The number of unbranched alkanes of at least 4 members (excludes halogenated alkanes) is 3. The monoisotopic (exact) mass is 414 g/mol. The Hall–Kier alpha value is -1.65. The highest BCUT2D eigenvalue weighted by molar-refractivity contribution is 9.10. The van der Waals surface area contributed by atoms with E-state index in [1.54, 1.807) is 0 Å². The van der Waals surface area contributed by atoms with Crippen molar-refractivity contribution in [2.45, 2.75) is 39.0 Å². The molecule has 3 rings (SSSR count). The molecule has 0 spiro atoms. The average Bonchev–Trinajstić information content (AvgIpc) is 2.65. The van der Waals surface area contributed by atoms with Crippen LogP contribution in [0.15, 0.2) is 51.9 Å². The lowest BCUT2D eigenvalue weighted by Gasteiger charge is -2.21. The molecule has 0 fully saturated rings. The van der Waals surface area contributed by atoms with Gasteiger partial charge in [0.2, 0.25) is 0 Å². The van der Waals surface area contributed by atoms with Crippen molar-refractivity contribution in [1.82, 2.24) is 5.06 Å². The first-order chi connectivity index (χ1) is 12.7. The molecule has 26 heavy (non-hydrogen) atoms. The molecular weight excluding hydrogens is 388 g/mol. The molecule has 0 atom stereocenters. The number of hydrogen-bond donors (Lipinski definition) is 0. The molecule has 0 aromatic heterocycles. The van der Waals surface area contributed by atoms with Crippen molar-refractivity contribution in [3.63, 3.8) is 0 Å². The van der Waals surface area contributed by atoms with Crippen molar-refractivity contribution in [1.29, 1.82) is 0 Å². The molecule has 0 saturated carbocycles. The molecule has 4 heteroatoms. The highest BCUT2D eigenvalue weighted by Crippen LogP contribution is 2.26. The third-order valence-electron chi connectivity index (χ3n) is 4.69.